The largest absolute Gasteiger partial charge is 0.370 e. The first-order valence-corrected chi connectivity index (χ1v) is 7.13. The summed E-state index contributed by atoms with van der Waals surface area (Å²) < 4.78 is 0. The molecule has 1 aromatic heterocycles. The van der Waals surface area contributed by atoms with E-state index in [2.05, 4.69) is 27.5 Å². The summed E-state index contributed by atoms with van der Waals surface area (Å²) in [6.45, 7) is 7.98. The number of nitrogens with one attached hydrogen (secondary N) is 2. The molecule has 6 heteroatoms. The Morgan fingerprint density at radius 3 is 2.60 bits per heavy atom. The highest BCUT2D eigenvalue weighted by molar-refractivity contribution is 5.81. The van der Waals surface area contributed by atoms with Gasteiger partial charge in [0.2, 0.25) is 5.91 Å². The van der Waals surface area contributed by atoms with Gasteiger partial charge in [-0.2, -0.15) is 0 Å². The third-order valence-corrected chi connectivity index (χ3v) is 2.91. The van der Waals surface area contributed by atoms with E-state index in [1.807, 2.05) is 25.8 Å². The number of amides is 1. The maximum Gasteiger partial charge on any atom is 0.239 e. The van der Waals surface area contributed by atoms with Gasteiger partial charge in [-0.25, -0.2) is 9.97 Å². The van der Waals surface area contributed by atoms with Gasteiger partial charge in [0, 0.05) is 25.7 Å². The third-order valence-electron chi connectivity index (χ3n) is 2.91. The average Bonchev–Trinajstić information content (AvgIpc) is 2.43. The van der Waals surface area contributed by atoms with Gasteiger partial charge in [0.1, 0.15) is 18.0 Å². The Labute approximate surface area is 121 Å². The van der Waals surface area contributed by atoms with Crippen LogP contribution in [0.15, 0.2) is 6.33 Å². The second-order valence-corrected chi connectivity index (χ2v) is 4.80. The summed E-state index contributed by atoms with van der Waals surface area (Å²) in [6, 6.07) is 0. The van der Waals surface area contributed by atoms with Crippen molar-refractivity contribution in [1.82, 2.24) is 15.3 Å². The van der Waals surface area contributed by atoms with E-state index in [1.54, 1.807) is 0 Å². The minimum absolute atomic E-state index is 0.00966. The highest BCUT2D eigenvalue weighted by Crippen LogP contribution is 2.20. The zero-order valence-electron chi connectivity index (χ0n) is 12.9. The molecule has 0 bridgehead atoms. The van der Waals surface area contributed by atoms with Gasteiger partial charge in [0.25, 0.3) is 0 Å². The summed E-state index contributed by atoms with van der Waals surface area (Å²) in [7, 11) is 1.87. The van der Waals surface area contributed by atoms with E-state index in [1.165, 1.54) is 6.33 Å². The monoisotopic (exact) mass is 279 g/mol. The number of likely N-dealkylation sites (N-methyl/N-ethyl adjacent to an activating group) is 1. The van der Waals surface area contributed by atoms with Gasteiger partial charge in [-0.05, 0) is 19.8 Å². The van der Waals surface area contributed by atoms with Gasteiger partial charge >= 0.3 is 0 Å². The van der Waals surface area contributed by atoms with Crippen LogP contribution in [0.25, 0.3) is 0 Å². The maximum atomic E-state index is 11.7. The molecule has 1 aromatic rings. The Balaban J connectivity index is 2.72. The Morgan fingerprint density at radius 2 is 1.95 bits per heavy atom. The van der Waals surface area contributed by atoms with Crippen molar-refractivity contribution in [3.63, 3.8) is 0 Å². The molecule has 0 saturated heterocycles. The molecule has 112 valence electrons. The first-order chi connectivity index (χ1) is 9.60. The molecule has 0 radical (unpaired) electrons. The van der Waals surface area contributed by atoms with Crippen LogP contribution in [0.5, 0.6) is 0 Å². The Hall–Kier alpha value is -1.85. The molecule has 0 unspecified atom stereocenters. The first kappa shape index (κ1) is 16.2. The van der Waals surface area contributed by atoms with E-state index < -0.39 is 0 Å². The lowest BCUT2D eigenvalue weighted by Gasteiger charge is -2.20. The SMILES string of the molecule is CCCNC(=O)CN(C)c1ncnc(NCCC)c1C. The first-order valence-electron chi connectivity index (χ1n) is 7.13. The van der Waals surface area contributed by atoms with Crippen LogP contribution in [-0.2, 0) is 4.79 Å². The standard InChI is InChI=1S/C14H25N5O/c1-5-7-15-12(20)9-19(4)14-11(3)13(16-8-6-2)17-10-18-14/h10H,5-9H2,1-4H3,(H,15,20)(H,16,17,18). The van der Waals surface area contributed by atoms with Gasteiger partial charge in [-0.1, -0.05) is 13.8 Å². The zero-order valence-corrected chi connectivity index (χ0v) is 12.9. The molecule has 1 heterocycles. The quantitative estimate of drug-likeness (QED) is 0.756. The molecule has 1 rings (SSSR count). The van der Waals surface area contributed by atoms with Crippen LogP contribution in [-0.4, -0.2) is 42.6 Å². The number of nitrogens with zero attached hydrogens (tertiary/aromatic N) is 3. The highest BCUT2D eigenvalue weighted by Gasteiger charge is 2.13. The fourth-order valence-corrected chi connectivity index (χ4v) is 1.86. The van der Waals surface area contributed by atoms with Gasteiger partial charge in [0.05, 0.1) is 6.54 Å². The van der Waals surface area contributed by atoms with Crippen LogP contribution in [0.3, 0.4) is 0 Å². The molecular weight excluding hydrogens is 254 g/mol. The number of rotatable bonds is 8. The number of carbonyl (C=O) groups is 1. The summed E-state index contributed by atoms with van der Waals surface area (Å²) in [5, 5.41) is 6.13. The van der Waals surface area contributed by atoms with Crippen molar-refractivity contribution in [2.24, 2.45) is 0 Å². The van der Waals surface area contributed by atoms with Crippen molar-refractivity contribution in [2.45, 2.75) is 33.6 Å². The Morgan fingerprint density at radius 1 is 1.25 bits per heavy atom. The van der Waals surface area contributed by atoms with E-state index in [9.17, 15) is 4.79 Å². The molecule has 0 fully saturated rings. The van der Waals surface area contributed by atoms with Crippen molar-refractivity contribution in [3.05, 3.63) is 11.9 Å². The summed E-state index contributed by atoms with van der Waals surface area (Å²) >= 11 is 0. The molecule has 0 aliphatic carbocycles. The summed E-state index contributed by atoms with van der Waals surface area (Å²) in [5.41, 5.74) is 0.965. The van der Waals surface area contributed by atoms with Crippen LogP contribution in [0, 0.1) is 6.92 Å². The Bertz CT molecular complexity index is 436. The smallest absolute Gasteiger partial charge is 0.239 e. The van der Waals surface area contributed by atoms with Crippen molar-refractivity contribution in [3.8, 4) is 0 Å². The van der Waals surface area contributed by atoms with E-state index in [0.29, 0.717) is 13.1 Å². The van der Waals surface area contributed by atoms with Crippen LogP contribution < -0.4 is 15.5 Å². The van der Waals surface area contributed by atoms with Crippen molar-refractivity contribution in [2.75, 3.05) is 36.9 Å². The lowest BCUT2D eigenvalue weighted by Crippen LogP contribution is -2.36. The van der Waals surface area contributed by atoms with Crippen LogP contribution in [0.1, 0.15) is 32.3 Å². The lowest BCUT2D eigenvalue weighted by atomic mass is 10.3. The van der Waals surface area contributed by atoms with Crippen LogP contribution >= 0.6 is 0 Å². The van der Waals surface area contributed by atoms with Crippen LogP contribution in [0.2, 0.25) is 0 Å². The minimum atomic E-state index is 0.00966. The fourth-order valence-electron chi connectivity index (χ4n) is 1.86. The Kier molecular flexibility index (Phi) is 6.76. The lowest BCUT2D eigenvalue weighted by molar-refractivity contribution is -0.119. The normalized spacial score (nSPS) is 10.2. The van der Waals surface area contributed by atoms with Gasteiger partial charge < -0.3 is 15.5 Å². The molecule has 0 saturated carbocycles. The zero-order chi connectivity index (χ0) is 15.0. The molecule has 20 heavy (non-hydrogen) atoms. The molecule has 6 nitrogen and oxygen atoms in total. The number of carbonyl (C=O) groups excluding carboxylic acids is 1. The van der Waals surface area contributed by atoms with Crippen molar-refractivity contribution < 1.29 is 4.79 Å². The molecular formula is C14H25N5O. The van der Waals surface area contributed by atoms with Gasteiger partial charge in [-0.3, -0.25) is 4.79 Å². The molecule has 0 aromatic carbocycles. The predicted octanol–water partition coefficient (Wildman–Crippen LogP) is 1.57. The molecule has 0 aliphatic heterocycles. The van der Waals surface area contributed by atoms with E-state index in [0.717, 1.165) is 36.6 Å². The van der Waals surface area contributed by atoms with E-state index >= 15 is 0 Å². The topological polar surface area (TPSA) is 70.2 Å². The highest BCUT2D eigenvalue weighted by atomic mass is 16.2. The molecule has 2 N–H and O–H groups in total. The van der Waals surface area contributed by atoms with E-state index in [-0.39, 0.29) is 5.91 Å². The third kappa shape index (κ3) is 4.68. The second kappa shape index (κ2) is 8.35. The van der Waals surface area contributed by atoms with Crippen molar-refractivity contribution in [1.29, 1.82) is 0 Å². The number of anilines is 2. The number of aromatic nitrogens is 2. The van der Waals surface area contributed by atoms with E-state index in [4.69, 9.17) is 0 Å². The minimum Gasteiger partial charge on any atom is -0.370 e. The van der Waals surface area contributed by atoms with Gasteiger partial charge in [0.15, 0.2) is 0 Å². The summed E-state index contributed by atoms with van der Waals surface area (Å²) in [6.07, 6.45) is 3.50. The second-order valence-electron chi connectivity index (χ2n) is 4.80. The fraction of sp³-hybridized carbons (Fsp3) is 0.643. The summed E-state index contributed by atoms with van der Waals surface area (Å²) in [5.74, 6) is 1.62. The number of hydrogen-bond donors (Lipinski definition) is 2. The molecule has 0 aliphatic rings. The van der Waals surface area contributed by atoms with Crippen LogP contribution in [0.4, 0.5) is 11.6 Å². The number of hydrogen-bond acceptors (Lipinski definition) is 5. The molecule has 1 amide bonds. The maximum absolute atomic E-state index is 11.7. The van der Waals surface area contributed by atoms with Crippen molar-refractivity contribution >= 4 is 17.5 Å². The molecule has 0 atom stereocenters. The average molecular weight is 279 g/mol. The predicted molar refractivity (Wildman–Crippen MR) is 82.1 cm³/mol. The van der Waals surface area contributed by atoms with Gasteiger partial charge in [-0.15, -0.1) is 0 Å². The summed E-state index contributed by atoms with van der Waals surface area (Å²) in [4.78, 5) is 22.1. The molecule has 0 spiro atoms.